The summed E-state index contributed by atoms with van der Waals surface area (Å²) in [5.74, 6) is 0. The minimum absolute atomic E-state index is 0.0449. The van der Waals surface area contributed by atoms with E-state index in [1.54, 1.807) is 11.3 Å². The van der Waals surface area contributed by atoms with Crippen molar-refractivity contribution in [3.8, 4) is 0 Å². The van der Waals surface area contributed by atoms with Gasteiger partial charge in [-0.2, -0.15) is 11.3 Å². The maximum absolute atomic E-state index is 6.41. The molecule has 0 fully saturated rings. The van der Waals surface area contributed by atoms with Crippen LogP contribution in [0.25, 0.3) is 0 Å². The van der Waals surface area contributed by atoms with Gasteiger partial charge in [0.15, 0.2) is 0 Å². The summed E-state index contributed by atoms with van der Waals surface area (Å²) in [6, 6.07) is 4.68. The highest BCUT2D eigenvalue weighted by Crippen LogP contribution is 2.31. The van der Waals surface area contributed by atoms with Crippen LogP contribution in [0.4, 0.5) is 0 Å². The van der Waals surface area contributed by atoms with Crippen molar-refractivity contribution in [1.29, 1.82) is 0 Å². The molecule has 0 spiro atoms. The van der Waals surface area contributed by atoms with Gasteiger partial charge in [-0.05, 0) is 74.8 Å². The molecule has 3 heteroatoms. The number of nitrogens with two attached hydrogens (primary N) is 1. The normalized spacial score (nSPS) is 13.5. The number of hydrogen-bond acceptors (Lipinski definition) is 2. The van der Waals surface area contributed by atoms with Crippen LogP contribution in [-0.4, -0.2) is 0 Å². The molecular formula is C18H24BrNS. The summed E-state index contributed by atoms with van der Waals surface area (Å²) in [5.41, 5.74) is 13.3. The molecule has 1 aromatic heterocycles. The third-order valence-corrected chi connectivity index (χ3v) is 5.78. The first-order chi connectivity index (χ1) is 9.70. The maximum Gasteiger partial charge on any atom is 0.0355 e. The third kappa shape index (κ3) is 3.77. The SMILES string of the molecule is Cc1cc(C(C)(C)C)cc(C)c1CC(N)c1cscc1Br. The molecule has 1 nitrogen and oxygen atoms in total. The molecule has 0 saturated carbocycles. The fraction of sp³-hybridized carbons (Fsp3) is 0.444. The Bertz CT molecular complexity index is 614. The molecule has 0 radical (unpaired) electrons. The van der Waals surface area contributed by atoms with E-state index in [9.17, 15) is 0 Å². The van der Waals surface area contributed by atoms with Gasteiger partial charge in [-0.25, -0.2) is 0 Å². The molecule has 0 saturated heterocycles. The average Bonchev–Trinajstić information content (AvgIpc) is 2.78. The summed E-state index contributed by atoms with van der Waals surface area (Å²) in [4.78, 5) is 0. The molecular weight excluding hydrogens is 342 g/mol. The van der Waals surface area contributed by atoms with Crippen LogP contribution < -0.4 is 5.73 Å². The zero-order valence-electron chi connectivity index (χ0n) is 13.5. The molecule has 21 heavy (non-hydrogen) atoms. The van der Waals surface area contributed by atoms with E-state index < -0.39 is 0 Å². The summed E-state index contributed by atoms with van der Waals surface area (Å²) in [6.07, 6.45) is 0.886. The van der Waals surface area contributed by atoms with Gasteiger partial charge >= 0.3 is 0 Å². The van der Waals surface area contributed by atoms with Crippen molar-refractivity contribution in [1.82, 2.24) is 0 Å². The van der Waals surface area contributed by atoms with E-state index in [0.29, 0.717) is 0 Å². The quantitative estimate of drug-likeness (QED) is 0.744. The van der Waals surface area contributed by atoms with E-state index in [2.05, 4.69) is 73.4 Å². The predicted molar refractivity (Wildman–Crippen MR) is 97.3 cm³/mol. The second-order valence-corrected chi connectivity index (χ2v) is 8.42. The van der Waals surface area contributed by atoms with Crippen LogP contribution in [-0.2, 0) is 11.8 Å². The molecule has 0 bridgehead atoms. The molecule has 2 N–H and O–H groups in total. The number of aryl methyl sites for hydroxylation is 2. The summed E-state index contributed by atoms with van der Waals surface area (Å²) in [6.45, 7) is 11.2. The Morgan fingerprint density at radius 2 is 1.71 bits per heavy atom. The van der Waals surface area contributed by atoms with Crippen LogP contribution in [0.2, 0.25) is 0 Å². The molecule has 1 unspecified atom stereocenters. The van der Waals surface area contributed by atoms with Gasteiger partial charge < -0.3 is 5.73 Å². The summed E-state index contributed by atoms with van der Waals surface area (Å²) in [5, 5.41) is 4.24. The van der Waals surface area contributed by atoms with Crippen LogP contribution in [0.5, 0.6) is 0 Å². The van der Waals surface area contributed by atoms with Crippen LogP contribution in [0.3, 0.4) is 0 Å². The summed E-state index contributed by atoms with van der Waals surface area (Å²) in [7, 11) is 0. The first-order valence-corrected chi connectivity index (χ1v) is 9.01. The molecule has 0 aliphatic rings. The third-order valence-electron chi connectivity index (χ3n) is 4.03. The molecule has 114 valence electrons. The van der Waals surface area contributed by atoms with Gasteiger partial charge in [-0.15, -0.1) is 0 Å². The van der Waals surface area contributed by atoms with Crippen molar-refractivity contribution in [3.05, 3.63) is 55.2 Å². The van der Waals surface area contributed by atoms with Crippen molar-refractivity contribution < 1.29 is 0 Å². The topological polar surface area (TPSA) is 26.0 Å². The monoisotopic (exact) mass is 365 g/mol. The minimum Gasteiger partial charge on any atom is -0.324 e. The summed E-state index contributed by atoms with van der Waals surface area (Å²) >= 11 is 5.28. The molecule has 2 aromatic rings. The summed E-state index contributed by atoms with van der Waals surface area (Å²) < 4.78 is 1.13. The number of hydrogen-bond donors (Lipinski definition) is 1. The first kappa shape index (κ1) is 16.7. The van der Waals surface area contributed by atoms with E-state index in [0.717, 1.165) is 10.9 Å². The van der Waals surface area contributed by atoms with Crippen molar-refractivity contribution >= 4 is 27.3 Å². The van der Waals surface area contributed by atoms with Crippen molar-refractivity contribution in [3.63, 3.8) is 0 Å². The lowest BCUT2D eigenvalue weighted by molar-refractivity contribution is 0.588. The van der Waals surface area contributed by atoms with E-state index >= 15 is 0 Å². The Morgan fingerprint density at radius 3 is 2.14 bits per heavy atom. The smallest absolute Gasteiger partial charge is 0.0355 e. The lowest BCUT2D eigenvalue weighted by Gasteiger charge is -2.23. The number of halogens is 1. The Kier molecular flexibility index (Phi) is 4.96. The molecule has 1 heterocycles. The fourth-order valence-electron chi connectivity index (χ4n) is 2.63. The van der Waals surface area contributed by atoms with Crippen molar-refractivity contribution in [2.45, 2.75) is 52.5 Å². The average molecular weight is 366 g/mol. The van der Waals surface area contributed by atoms with Gasteiger partial charge in [-0.3, -0.25) is 0 Å². The zero-order valence-corrected chi connectivity index (χ0v) is 15.9. The van der Waals surface area contributed by atoms with E-state index in [1.807, 2.05) is 0 Å². The largest absolute Gasteiger partial charge is 0.324 e. The highest BCUT2D eigenvalue weighted by molar-refractivity contribution is 9.10. The lowest BCUT2D eigenvalue weighted by Crippen LogP contribution is -2.16. The Balaban J connectivity index is 2.31. The van der Waals surface area contributed by atoms with Gasteiger partial charge in [0.25, 0.3) is 0 Å². The van der Waals surface area contributed by atoms with Crippen LogP contribution >= 0.6 is 27.3 Å². The molecule has 0 aliphatic carbocycles. The van der Waals surface area contributed by atoms with Crippen molar-refractivity contribution in [2.24, 2.45) is 5.73 Å². The number of rotatable bonds is 3. The van der Waals surface area contributed by atoms with Crippen LogP contribution in [0, 0.1) is 13.8 Å². The number of benzene rings is 1. The highest BCUT2D eigenvalue weighted by Gasteiger charge is 2.18. The second kappa shape index (κ2) is 6.23. The maximum atomic E-state index is 6.41. The molecule has 2 rings (SSSR count). The highest BCUT2D eigenvalue weighted by atomic mass is 79.9. The first-order valence-electron chi connectivity index (χ1n) is 7.28. The minimum atomic E-state index is 0.0449. The lowest BCUT2D eigenvalue weighted by atomic mass is 9.82. The van der Waals surface area contributed by atoms with Gasteiger partial charge in [0.05, 0.1) is 0 Å². The zero-order chi connectivity index (χ0) is 15.8. The molecule has 0 amide bonds. The predicted octanol–water partition coefficient (Wildman–Crippen LogP) is 5.67. The van der Waals surface area contributed by atoms with Crippen molar-refractivity contribution in [2.75, 3.05) is 0 Å². The van der Waals surface area contributed by atoms with Crippen LogP contribution in [0.15, 0.2) is 27.4 Å². The van der Waals surface area contributed by atoms with Gasteiger partial charge in [-0.1, -0.05) is 32.9 Å². The molecule has 0 aliphatic heterocycles. The Hall–Kier alpha value is -0.640. The molecule has 1 atom stereocenters. The standard InChI is InChI=1S/C18H24BrNS/c1-11-6-13(18(3,4)5)7-12(2)14(11)8-17(20)15-9-21-10-16(15)19/h6-7,9-10,17H,8,20H2,1-5H3. The Labute approximate surface area is 140 Å². The Morgan fingerprint density at radius 1 is 1.14 bits per heavy atom. The number of thiophene rings is 1. The van der Waals surface area contributed by atoms with E-state index in [1.165, 1.54) is 27.8 Å². The van der Waals surface area contributed by atoms with Gasteiger partial charge in [0.1, 0.15) is 0 Å². The van der Waals surface area contributed by atoms with Gasteiger partial charge in [0.2, 0.25) is 0 Å². The van der Waals surface area contributed by atoms with E-state index in [-0.39, 0.29) is 11.5 Å². The van der Waals surface area contributed by atoms with Crippen LogP contribution in [0.1, 0.15) is 54.6 Å². The second-order valence-electron chi connectivity index (χ2n) is 6.82. The molecule has 1 aromatic carbocycles. The van der Waals surface area contributed by atoms with E-state index in [4.69, 9.17) is 5.73 Å². The van der Waals surface area contributed by atoms with Gasteiger partial charge in [0, 0.05) is 15.9 Å². The fourth-order valence-corrected chi connectivity index (χ4v) is 4.29.